The highest BCUT2D eigenvalue weighted by atomic mass is 19.1. The van der Waals surface area contributed by atoms with Crippen LogP contribution in [0.25, 0.3) is 0 Å². The highest BCUT2D eigenvalue weighted by Crippen LogP contribution is 2.20. The van der Waals surface area contributed by atoms with Crippen LogP contribution < -0.4 is 21.9 Å². The molecule has 0 aliphatic carbocycles. The van der Waals surface area contributed by atoms with Crippen LogP contribution in [0.3, 0.4) is 0 Å². The predicted octanol–water partition coefficient (Wildman–Crippen LogP) is 3.06. The van der Waals surface area contributed by atoms with E-state index in [4.69, 9.17) is 5.73 Å². The molecule has 4 aromatic rings. The van der Waals surface area contributed by atoms with E-state index in [0.717, 1.165) is 28.0 Å². The number of hydrogen-bond acceptors (Lipinski definition) is 6. The molecule has 0 bridgehead atoms. The molecular formula is C30H32F2N6O2. The molecule has 2 N–H and O–H groups in total. The van der Waals surface area contributed by atoms with Crippen LogP contribution in [0.4, 0.5) is 14.5 Å². The number of benzene rings is 2. The lowest BCUT2D eigenvalue weighted by Crippen LogP contribution is -2.51. The summed E-state index contributed by atoms with van der Waals surface area (Å²) in [5.74, 6) is -1.51. The van der Waals surface area contributed by atoms with Gasteiger partial charge >= 0.3 is 5.69 Å². The maximum Gasteiger partial charge on any atom is 0.331 e. The molecule has 2 aromatic carbocycles. The average Bonchev–Trinajstić information content (AvgIpc) is 2.96. The minimum absolute atomic E-state index is 0.0750. The molecule has 1 atom stereocenters. The van der Waals surface area contributed by atoms with Gasteiger partial charge in [-0.1, -0.05) is 42.5 Å². The van der Waals surface area contributed by atoms with Gasteiger partial charge in [0.2, 0.25) is 0 Å². The summed E-state index contributed by atoms with van der Waals surface area (Å²) in [5.41, 5.74) is 7.50. The Morgan fingerprint density at radius 3 is 2.17 bits per heavy atom. The Balaban J connectivity index is 1.51. The fourth-order valence-electron chi connectivity index (χ4n) is 5.19. The van der Waals surface area contributed by atoms with Crippen LogP contribution in [0.5, 0.6) is 0 Å². The summed E-state index contributed by atoms with van der Waals surface area (Å²) in [6, 6.07) is 18.0. The second-order valence-corrected chi connectivity index (χ2v) is 10.0. The van der Waals surface area contributed by atoms with E-state index in [1.54, 1.807) is 13.1 Å². The van der Waals surface area contributed by atoms with E-state index >= 15 is 0 Å². The molecule has 5 rings (SSSR count). The number of hydrogen-bond donors (Lipinski definition) is 1. The number of anilines is 1. The van der Waals surface area contributed by atoms with Crippen LogP contribution in [0.2, 0.25) is 0 Å². The summed E-state index contributed by atoms with van der Waals surface area (Å²) in [7, 11) is 0. The van der Waals surface area contributed by atoms with Crippen LogP contribution in [0, 0.1) is 18.6 Å². The van der Waals surface area contributed by atoms with E-state index in [-0.39, 0.29) is 18.7 Å². The molecular weight excluding hydrogens is 514 g/mol. The van der Waals surface area contributed by atoms with Gasteiger partial charge in [-0.15, -0.1) is 0 Å². The standard InChI is InChI=1S/C30H32F2N6O2/c1-21-28(36-16-14-35(15-17-36)18-23-10-5-6-13-34-23)29(39)38(20-27(33)22-8-3-2-4-9-22)30(40)37(21)19-24-25(31)11-7-12-26(24)32/h2-13,27H,14-20,33H2,1H3. The van der Waals surface area contributed by atoms with Crippen LogP contribution in [-0.4, -0.2) is 45.2 Å². The summed E-state index contributed by atoms with van der Waals surface area (Å²) in [6.07, 6.45) is 1.76. The fraction of sp³-hybridized carbons (Fsp3) is 0.300. The molecule has 0 saturated carbocycles. The van der Waals surface area contributed by atoms with Gasteiger partial charge in [-0.05, 0) is 36.8 Å². The van der Waals surface area contributed by atoms with Crippen molar-refractivity contribution in [3.8, 4) is 0 Å². The summed E-state index contributed by atoms with van der Waals surface area (Å²) >= 11 is 0. The molecule has 10 heteroatoms. The van der Waals surface area contributed by atoms with Gasteiger partial charge in [0, 0.05) is 56.2 Å². The summed E-state index contributed by atoms with van der Waals surface area (Å²) < 4.78 is 31.6. The highest BCUT2D eigenvalue weighted by molar-refractivity contribution is 5.49. The molecule has 1 aliphatic rings. The van der Waals surface area contributed by atoms with Crippen molar-refractivity contribution in [2.24, 2.45) is 5.73 Å². The zero-order chi connectivity index (χ0) is 28.2. The summed E-state index contributed by atoms with van der Waals surface area (Å²) in [4.78, 5) is 36.2. The van der Waals surface area contributed by atoms with Crippen LogP contribution in [0.1, 0.15) is 28.6 Å². The van der Waals surface area contributed by atoms with Crippen molar-refractivity contribution in [3.63, 3.8) is 0 Å². The molecule has 1 saturated heterocycles. The topological polar surface area (TPSA) is 89.4 Å². The molecule has 8 nitrogen and oxygen atoms in total. The van der Waals surface area contributed by atoms with E-state index in [0.29, 0.717) is 44.1 Å². The largest absolute Gasteiger partial charge is 0.363 e. The van der Waals surface area contributed by atoms with Gasteiger partial charge in [0.1, 0.15) is 17.3 Å². The SMILES string of the molecule is Cc1c(N2CCN(Cc3ccccn3)CC2)c(=O)n(CC(N)c2ccccc2)c(=O)n1Cc1c(F)cccc1F. The number of rotatable bonds is 8. The zero-order valence-electron chi connectivity index (χ0n) is 22.3. The third-order valence-corrected chi connectivity index (χ3v) is 7.44. The lowest BCUT2D eigenvalue weighted by Gasteiger charge is -2.36. The first-order chi connectivity index (χ1) is 19.3. The van der Waals surface area contributed by atoms with E-state index in [1.165, 1.54) is 10.6 Å². The number of pyridine rings is 1. The van der Waals surface area contributed by atoms with Gasteiger partial charge < -0.3 is 10.6 Å². The summed E-state index contributed by atoms with van der Waals surface area (Å²) in [5, 5.41) is 0. The smallest absolute Gasteiger partial charge is 0.331 e. The molecule has 0 amide bonds. The van der Waals surface area contributed by atoms with Gasteiger partial charge in [0.05, 0.1) is 18.8 Å². The summed E-state index contributed by atoms with van der Waals surface area (Å²) in [6.45, 7) is 4.36. The van der Waals surface area contributed by atoms with Crippen LogP contribution in [0.15, 0.2) is 82.5 Å². The molecule has 40 heavy (non-hydrogen) atoms. The van der Waals surface area contributed by atoms with Crippen molar-refractivity contribution < 1.29 is 8.78 Å². The minimum Gasteiger partial charge on any atom is -0.363 e. The molecule has 0 radical (unpaired) electrons. The number of piperazine rings is 1. The minimum atomic E-state index is -0.755. The van der Waals surface area contributed by atoms with Gasteiger partial charge in [-0.2, -0.15) is 0 Å². The van der Waals surface area contributed by atoms with E-state index in [9.17, 15) is 18.4 Å². The second-order valence-electron chi connectivity index (χ2n) is 10.0. The van der Waals surface area contributed by atoms with E-state index in [2.05, 4.69) is 9.88 Å². The number of halogens is 2. The normalized spacial score (nSPS) is 14.8. The third-order valence-electron chi connectivity index (χ3n) is 7.44. The second kappa shape index (κ2) is 11.9. The van der Waals surface area contributed by atoms with Gasteiger partial charge in [-0.3, -0.25) is 23.8 Å². The Morgan fingerprint density at radius 2 is 1.52 bits per heavy atom. The van der Waals surface area contributed by atoms with Crippen molar-refractivity contribution in [2.75, 3.05) is 31.1 Å². The quantitative estimate of drug-likeness (QED) is 0.366. The zero-order valence-corrected chi connectivity index (χ0v) is 22.3. The number of aromatic nitrogens is 3. The van der Waals surface area contributed by atoms with E-state index in [1.807, 2.05) is 53.4 Å². The highest BCUT2D eigenvalue weighted by Gasteiger charge is 2.26. The third kappa shape index (κ3) is 5.73. The van der Waals surface area contributed by atoms with Gasteiger partial charge in [0.25, 0.3) is 5.56 Å². The van der Waals surface area contributed by atoms with Gasteiger partial charge in [0.15, 0.2) is 0 Å². The fourth-order valence-corrected chi connectivity index (χ4v) is 5.19. The van der Waals surface area contributed by atoms with Crippen molar-refractivity contribution in [3.05, 3.63) is 128 Å². The number of nitrogens with zero attached hydrogens (tertiary/aromatic N) is 5. The monoisotopic (exact) mass is 546 g/mol. The molecule has 2 aromatic heterocycles. The first kappa shape index (κ1) is 27.4. The molecule has 1 aliphatic heterocycles. The first-order valence-electron chi connectivity index (χ1n) is 13.3. The Kier molecular flexibility index (Phi) is 8.18. The molecule has 3 heterocycles. The Labute approximate surface area is 230 Å². The Hall–Kier alpha value is -4.15. The predicted molar refractivity (Wildman–Crippen MR) is 150 cm³/mol. The molecule has 1 unspecified atom stereocenters. The average molecular weight is 547 g/mol. The van der Waals surface area contributed by atoms with Crippen LogP contribution >= 0.6 is 0 Å². The number of nitrogens with two attached hydrogens (primary N) is 1. The Morgan fingerprint density at radius 1 is 0.850 bits per heavy atom. The van der Waals surface area contributed by atoms with Crippen LogP contribution in [-0.2, 0) is 19.6 Å². The lowest BCUT2D eigenvalue weighted by molar-refractivity contribution is 0.246. The maximum atomic E-state index is 14.6. The molecule has 0 spiro atoms. The van der Waals surface area contributed by atoms with Crippen molar-refractivity contribution >= 4 is 5.69 Å². The van der Waals surface area contributed by atoms with Gasteiger partial charge in [-0.25, -0.2) is 13.6 Å². The molecule has 208 valence electrons. The van der Waals surface area contributed by atoms with Crippen molar-refractivity contribution in [1.29, 1.82) is 0 Å². The lowest BCUT2D eigenvalue weighted by atomic mass is 10.1. The van der Waals surface area contributed by atoms with Crippen molar-refractivity contribution in [1.82, 2.24) is 19.0 Å². The van der Waals surface area contributed by atoms with Crippen molar-refractivity contribution in [2.45, 2.75) is 32.6 Å². The first-order valence-corrected chi connectivity index (χ1v) is 13.3. The molecule has 1 fully saturated rings. The Bertz CT molecular complexity index is 1560. The van der Waals surface area contributed by atoms with E-state index < -0.39 is 28.9 Å². The maximum absolute atomic E-state index is 14.6.